The van der Waals surface area contributed by atoms with Crippen molar-refractivity contribution in [2.24, 2.45) is 0 Å². The number of anilines is 1. The molecule has 1 aromatic carbocycles. The molecule has 2 rings (SSSR count). The van der Waals surface area contributed by atoms with Gasteiger partial charge < -0.3 is 10.7 Å². The molecule has 2 aromatic rings. The molecule has 0 aliphatic rings. The fourth-order valence-electron chi connectivity index (χ4n) is 2.05. The summed E-state index contributed by atoms with van der Waals surface area (Å²) in [5.41, 5.74) is 0.297. The van der Waals surface area contributed by atoms with Crippen molar-refractivity contribution in [3.05, 3.63) is 40.2 Å². The van der Waals surface area contributed by atoms with E-state index >= 15 is 0 Å². The van der Waals surface area contributed by atoms with Crippen molar-refractivity contribution >= 4 is 29.0 Å². The maximum atomic E-state index is 12.3. The lowest BCUT2D eigenvalue weighted by molar-refractivity contribution is -0.384. The lowest BCUT2D eigenvalue weighted by Gasteiger charge is -2.17. The third-order valence-corrected chi connectivity index (χ3v) is 4.41. The molecule has 0 aliphatic heterocycles. The Labute approximate surface area is 149 Å². The van der Waals surface area contributed by atoms with Gasteiger partial charge in [-0.3, -0.25) is 14.9 Å². The summed E-state index contributed by atoms with van der Waals surface area (Å²) in [6.07, 6.45) is 0. The van der Waals surface area contributed by atoms with Gasteiger partial charge in [0, 0.05) is 30.3 Å². The van der Waals surface area contributed by atoms with E-state index in [4.69, 9.17) is 5.84 Å². The summed E-state index contributed by atoms with van der Waals surface area (Å²) in [4.78, 5) is 23.9. The van der Waals surface area contributed by atoms with Gasteiger partial charge in [-0.1, -0.05) is 32.5 Å². The first-order valence-electron chi connectivity index (χ1n) is 7.46. The van der Waals surface area contributed by atoms with Crippen LogP contribution in [-0.2, 0) is 10.2 Å². The first-order chi connectivity index (χ1) is 11.6. The molecular formula is C15H20N6O3S. The number of rotatable bonds is 5. The fraction of sp³-hybridized carbons (Fsp3) is 0.400. The average molecular weight is 364 g/mol. The number of nitro groups is 1. The number of benzene rings is 1. The summed E-state index contributed by atoms with van der Waals surface area (Å²) >= 11 is 1.19. The van der Waals surface area contributed by atoms with Crippen molar-refractivity contribution in [2.45, 2.75) is 31.3 Å². The Balaban J connectivity index is 2.02. The van der Waals surface area contributed by atoms with Gasteiger partial charge in [-0.15, -0.1) is 10.2 Å². The number of amides is 1. The Bertz CT molecular complexity index is 782. The standard InChI is InChI=1S/C15H20N6O3S/c1-15(2,3)13-17-18-14(20(13)16)25-9-12(22)19(4)10-5-7-11(8-6-10)21(23)24/h5-8H,9,16H2,1-4H3. The largest absolute Gasteiger partial charge is 0.336 e. The molecule has 2 N–H and O–H groups in total. The minimum atomic E-state index is -0.484. The number of hydrogen-bond acceptors (Lipinski definition) is 7. The zero-order valence-corrected chi connectivity index (χ0v) is 15.3. The van der Waals surface area contributed by atoms with E-state index in [1.165, 1.54) is 45.6 Å². The van der Waals surface area contributed by atoms with Crippen LogP contribution in [-0.4, -0.2) is 38.5 Å². The number of hydrogen-bond donors (Lipinski definition) is 1. The number of non-ortho nitro benzene ring substituents is 1. The predicted octanol–water partition coefficient (Wildman–Crippen LogP) is 1.95. The van der Waals surface area contributed by atoms with Crippen LogP contribution in [0.5, 0.6) is 0 Å². The monoisotopic (exact) mass is 364 g/mol. The van der Waals surface area contributed by atoms with Crippen LogP contribution >= 0.6 is 11.8 Å². The smallest absolute Gasteiger partial charge is 0.269 e. The van der Waals surface area contributed by atoms with E-state index in [0.717, 1.165) is 0 Å². The van der Waals surface area contributed by atoms with E-state index in [9.17, 15) is 14.9 Å². The number of carbonyl (C=O) groups is 1. The van der Waals surface area contributed by atoms with Gasteiger partial charge in [-0.2, -0.15) is 0 Å². The summed E-state index contributed by atoms with van der Waals surface area (Å²) in [7, 11) is 1.61. The fourth-order valence-corrected chi connectivity index (χ4v) is 2.82. The molecule has 0 fully saturated rings. The summed E-state index contributed by atoms with van der Waals surface area (Å²) in [6.45, 7) is 5.92. The topological polar surface area (TPSA) is 120 Å². The van der Waals surface area contributed by atoms with E-state index in [2.05, 4.69) is 10.2 Å². The number of aromatic nitrogens is 3. The SMILES string of the molecule is CN(C(=O)CSc1nnc(C(C)(C)C)n1N)c1ccc([N+](=O)[O-])cc1. The Morgan fingerprint density at radius 2 is 1.92 bits per heavy atom. The molecule has 0 unspecified atom stereocenters. The molecule has 0 spiro atoms. The minimum Gasteiger partial charge on any atom is -0.336 e. The Morgan fingerprint density at radius 3 is 2.40 bits per heavy atom. The summed E-state index contributed by atoms with van der Waals surface area (Å²) in [6, 6.07) is 5.78. The minimum absolute atomic E-state index is 0.0232. The number of carbonyl (C=O) groups excluding carboxylic acids is 1. The van der Waals surface area contributed by atoms with Crippen molar-refractivity contribution in [3.63, 3.8) is 0 Å². The van der Waals surface area contributed by atoms with E-state index in [1.54, 1.807) is 7.05 Å². The lowest BCUT2D eigenvalue weighted by Crippen LogP contribution is -2.28. The van der Waals surface area contributed by atoms with Crippen LogP contribution in [0, 0.1) is 10.1 Å². The molecule has 0 saturated carbocycles. The van der Waals surface area contributed by atoms with Crippen molar-refractivity contribution in [1.82, 2.24) is 14.9 Å². The number of nitrogens with two attached hydrogens (primary N) is 1. The first kappa shape index (κ1) is 18.7. The second-order valence-corrected chi connectivity index (χ2v) is 7.38. The maximum Gasteiger partial charge on any atom is 0.269 e. The van der Waals surface area contributed by atoms with Gasteiger partial charge in [-0.25, -0.2) is 4.68 Å². The maximum absolute atomic E-state index is 12.3. The first-order valence-corrected chi connectivity index (χ1v) is 8.44. The molecule has 10 heteroatoms. The van der Waals surface area contributed by atoms with E-state index in [1.807, 2.05) is 20.8 Å². The third-order valence-electron chi connectivity index (χ3n) is 3.48. The van der Waals surface area contributed by atoms with Gasteiger partial charge >= 0.3 is 0 Å². The summed E-state index contributed by atoms with van der Waals surface area (Å²) < 4.78 is 1.39. The molecule has 1 aromatic heterocycles. The number of thioether (sulfide) groups is 1. The number of nitrogens with zero attached hydrogens (tertiary/aromatic N) is 5. The molecule has 0 radical (unpaired) electrons. The molecule has 1 amide bonds. The van der Waals surface area contributed by atoms with Crippen molar-refractivity contribution in [3.8, 4) is 0 Å². The van der Waals surface area contributed by atoms with Crippen LogP contribution in [0.15, 0.2) is 29.4 Å². The van der Waals surface area contributed by atoms with Gasteiger partial charge in [0.05, 0.1) is 10.7 Å². The molecule has 1 heterocycles. The van der Waals surface area contributed by atoms with Crippen LogP contribution in [0.4, 0.5) is 11.4 Å². The Hall–Kier alpha value is -2.62. The second-order valence-electron chi connectivity index (χ2n) is 6.44. The van der Waals surface area contributed by atoms with E-state index in [-0.39, 0.29) is 22.8 Å². The van der Waals surface area contributed by atoms with Crippen LogP contribution in [0.2, 0.25) is 0 Å². The van der Waals surface area contributed by atoms with Gasteiger partial charge in [-0.05, 0) is 12.1 Å². The van der Waals surface area contributed by atoms with Gasteiger partial charge in [0.1, 0.15) is 0 Å². The van der Waals surface area contributed by atoms with E-state index in [0.29, 0.717) is 16.7 Å². The lowest BCUT2D eigenvalue weighted by atomic mass is 9.96. The van der Waals surface area contributed by atoms with Gasteiger partial charge in [0.2, 0.25) is 11.1 Å². The average Bonchev–Trinajstić information content (AvgIpc) is 2.93. The van der Waals surface area contributed by atoms with Crippen LogP contribution in [0.3, 0.4) is 0 Å². The highest BCUT2D eigenvalue weighted by atomic mass is 32.2. The molecular weight excluding hydrogens is 344 g/mol. The summed E-state index contributed by atoms with van der Waals surface area (Å²) in [5, 5.41) is 19.2. The highest BCUT2D eigenvalue weighted by Gasteiger charge is 2.23. The van der Waals surface area contributed by atoms with Gasteiger partial charge in [0.25, 0.3) is 5.69 Å². The molecule has 134 valence electrons. The van der Waals surface area contributed by atoms with Crippen molar-refractivity contribution in [1.29, 1.82) is 0 Å². The molecule has 0 aliphatic carbocycles. The third kappa shape index (κ3) is 4.27. The predicted molar refractivity (Wildman–Crippen MR) is 96.1 cm³/mol. The molecule has 9 nitrogen and oxygen atoms in total. The highest BCUT2D eigenvalue weighted by Crippen LogP contribution is 2.24. The highest BCUT2D eigenvalue weighted by molar-refractivity contribution is 7.99. The zero-order valence-electron chi connectivity index (χ0n) is 14.5. The number of nitro benzene ring substituents is 1. The van der Waals surface area contributed by atoms with Crippen molar-refractivity contribution < 1.29 is 9.72 Å². The normalized spacial score (nSPS) is 11.4. The van der Waals surface area contributed by atoms with Crippen molar-refractivity contribution in [2.75, 3.05) is 23.5 Å². The van der Waals surface area contributed by atoms with E-state index < -0.39 is 4.92 Å². The van der Waals surface area contributed by atoms with Gasteiger partial charge in [0.15, 0.2) is 5.82 Å². The quantitative estimate of drug-likeness (QED) is 0.372. The molecule has 0 bridgehead atoms. The Morgan fingerprint density at radius 1 is 1.32 bits per heavy atom. The second kappa shape index (κ2) is 7.09. The molecule has 0 atom stereocenters. The van der Waals surface area contributed by atoms with Crippen LogP contribution < -0.4 is 10.7 Å². The number of nitrogen functional groups attached to an aromatic ring is 1. The van der Waals surface area contributed by atoms with Crippen LogP contribution in [0.1, 0.15) is 26.6 Å². The molecule has 0 saturated heterocycles. The van der Waals surface area contributed by atoms with Crippen LogP contribution in [0.25, 0.3) is 0 Å². The zero-order chi connectivity index (χ0) is 18.8. The molecule has 25 heavy (non-hydrogen) atoms. The summed E-state index contributed by atoms with van der Waals surface area (Å²) in [5.74, 6) is 6.56. The Kier molecular flexibility index (Phi) is 5.31.